The first-order valence-corrected chi connectivity index (χ1v) is 4.90. The van der Waals surface area contributed by atoms with E-state index in [0.29, 0.717) is 5.82 Å². The molecule has 2 rings (SSSR count). The fourth-order valence-electron chi connectivity index (χ4n) is 1.22. The number of pyridine rings is 1. The zero-order valence-electron chi connectivity index (χ0n) is 7.39. The maximum Gasteiger partial charge on any atom is 0.141 e. The van der Waals surface area contributed by atoms with Crippen LogP contribution in [-0.2, 0) is 6.54 Å². The maximum atomic E-state index is 5.51. The summed E-state index contributed by atoms with van der Waals surface area (Å²) in [5.41, 5.74) is 6.61. The summed E-state index contributed by atoms with van der Waals surface area (Å²) in [6.45, 7) is 0.733. The number of hydrogen-bond acceptors (Lipinski definition) is 3. The Balaban J connectivity index is 2.18. The molecule has 2 aromatic rings. The van der Waals surface area contributed by atoms with Crippen molar-refractivity contribution in [3.63, 3.8) is 0 Å². The monoisotopic (exact) mass is 252 g/mol. The van der Waals surface area contributed by atoms with E-state index in [1.807, 2.05) is 16.8 Å². The lowest BCUT2D eigenvalue weighted by Gasteiger charge is -2.01. The zero-order valence-corrected chi connectivity index (χ0v) is 8.98. The number of rotatable bonds is 2. The minimum atomic E-state index is 0.535. The standard InChI is InChI=1S/C9H9BrN4/c10-8-1-7(2-12-3-8)4-14-5-9(11)13-6-14/h1-3,5-6H,4,11H2. The average molecular weight is 253 g/mol. The SMILES string of the molecule is Nc1cn(Cc2cncc(Br)c2)cn1. The summed E-state index contributed by atoms with van der Waals surface area (Å²) in [7, 11) is 0. The Morgan fingerprint density at radius 2 is 2.29 bits per heavy atom. The van der Waals surface area contributed by atoms with Gasteiger partial charge in [0.2, 0.25) is 0 Å². The second kappa shape index (κ2) is 3.79. The number of nitrogens with zero attached hydrogens (tertiary/aromatic N) is 3. The number of aromatic nitrogens is 3. The van der Waals surface area contributed by atoms with Crippen molar-refractivity contribution < 1.29 is 0 Å². The van der Waals surface area contributed by atoms with Gasteiger partial charge < -0.3 is 10.3 Å². The van der Waals surface area contributed by atoms with E-state index in [-0.39, 0.29) is 0 Å². The Hall–Kier alpha value is -1.36. The summed E-state index contributed by atoms with van der Waals surface area (Å²) in [4.78, 5) is 8.02. The van der Waals surface area contributed by atoms with Gasteiger partial charge in [0.15, 0.2) is 0 Å². The Morgan fingerprint density at radius 1 is 1.43 bits per heavy atom. The van der Waals surface area contributed by atoms with E-state index < -0.39 is 0 Å². The van der Waals surface area contributed by atoms with Crippen LogP contribution < -0.4 is 5.73 Å². The first kappa shape index (κ1) is 9.21. The average Bonchev–Trinajstić information content (AvgIpc) is 2.51. The van der Waals surface area contributed by atoms with Gasteiger partial charge in [0.25, 0.3) is 0 Å². The molecule has 5 heteroatoms. The third-order valence-electron chi connectivity index (χ3n) is 1.78. The molecule has 72 valence electrons. The number of imidazole rings is 1. The van der Waals surface area contributed by atoms with Crippen LogP contribution in [-0.4, -0.2) is 14.5 Å². The maximum absolute atomic E-state index is 5.51. The van der Waals surface area contributed by atoms with Crippen LogP contribution in [0.25, 0.3) is 0 Å². The smallest absolute Gasteiger partial charge is 0.141 e. The third-order valence-corrected chi connectivity index (χ3v) is 2.21. The van der Waals surface area contributed by atoms with Crippen LogP contribution in [0.2, 0.25) is 0 Å². The molecule has 0 aromatic carbocycles. The second-order valence-corrected chi connectivity index (χ2v) is 3.90. The molecular formula is C9H9BrN4. The van der Waals surface area contributed by atoms with E-state index in [0.717, 1.165) is 16.6 Å². The van der Waals surface area contributed by atoms with Crippen LogP contribution in [0.15, 0.2) is 35.5 Å². The van der Waals surface area contributed by atoms with Gasteiger partial charge in [-0.2, -0.15) is 0 Å². The highest BCUT2D eigenvalue weighted by molar-refractivity contribution is 9.10. The van der Waals surface area contributed by atoms with Crippen molar-refractivity contribution in [3.05, 3.63) is 41.0 Å². The van der Waals surface area contributed by atoms with Crippen molar-refractivity contribution in [1.82, 2.24) is 14.5 Å². The van der Waals surface area contributed by atoms with Crippen molar-refractivity contribution in [3.8, 4) is 0 Å². The fourth-order valence-corrected chi connectivity index (χ4v) is 1.63. The Morgan fingerprint density at radius 3 is 2.93 bits per heavy atom. The molecule has 0 atom stereocenters. The van der Waals surface area contributed by atoms with Gasteiger partial charge in [0, 0.05) is 23.1 Å². The van der Waals surface area contributed by atoms with E-state index in [1.165, 1.54) is 0 Å². The van der Waals surface area contributed by atoms with Crippen molar-refractivity contribution in [2.45, 2.75) is 6.54 Å². The minimum Gasteiger partial charge on any atom is -0.382 e. The predicted octanol–water partition coefficient (Wildman–Crippen LogP) is 1.67. The lowest BCUT2D eigenvalue weighted by molar-refractivity contribution is 0.793. The Labute approximate surface area is 89.9 Å². The van der Waals surface area contributed by atoms with Crippen LogP contribution in [0.1, 0.15) is 5.56 Å². The highest BCUT2D eigenvalue weighted by Crippen LogP contribution is 2.11. The summed E-state index contributed by atoms with van der Waals surface area (Å²) in [5.74, 6) is 0.535. The fraction of sp³-hybridized carbons (Fsp3) is 0.111. The number of halogens is 1. The summed E-state index contributed by atoms with van der Waals surface area (Å²) >= 11 is 3.37. The summed E-state index contributed by atoms with van der Waals surface area (Å²) in [6.07, 6.45) is 7.07. The summed E-state index contributed by atoms with van der Waals surface area (Å²) in [5, 5.41) is 0. The minimum absolute atomic E-state index is 0.535. The Kier molecular flexibility index (Phi) is 2.49. The number of nitrogens with two attached hydrogens (primary N) is 1. The Bertz CT molecular complexity index is 438. The molecule has 2 heterocycles. The highest BCUT2D eigenvalue weighted by atomic mass is 79.9. The van der Waals surface area contributed by atoms with E-state index in [9.17, 15) is 0 Å². The molecule has 0 bridgehead atoms. The molecule has 0 amide bonds. The van der Waals surface area contributed by atoms with Crippen LogP contribution in [0, 0.1) is 0 Å². The molecule has 2 N–H and O–H groups in total. The molecule has 14 heavy (non-hydrogen) atoms. The van der Waals surface area contributed by atoms with E-state index in [4.69, 9.17) is 5.73 Å². The van der Waals surface area contributed by atoms with Gasteiger partial charge in [0.05, 0.1) is 12.9 Å². The van der Waals surface area contributed by atoms with Gasteiger partial charge in [-0.1, -0.05) is 0 Å². The summed E-state index contributed by atoms with van der Waals surface area (Å²) in [6, 6.07) is 2.02. The van der Waals surface area contributed by atoms with E-state index >= 15 is 0 Å². The van der Waals surface area contributed by atoms with Gasteiger partial charge in [0.1, 0.15) is 5.82 Å². The second-order valence-electron chi connectivity index (χ2n) is 2.98. The first-order chi connectivity index (χ1) is 6.74. The molecule has 0 spiro atoms. The van der Waals surface area contributed by atoms with Crippen LogP contribution in [0.5, 0.6) is 0 Å². The van der Waals surface area contributed by atoms with Crippen molar-refractivity contribution in [2.24, 2.45) is 0 Å². The molecule has 4 nitrogen and oxygen atoms in total. The quantitative estimate of drug-likeness (QED) is 0.885. The van der Waals surface area contributed by atoms with Crippen LogP contribution in [0.3, 0.4) is 0 Å². The van der Waals surface area contributed by atoms with Crippen molar-refractivity contribution in [1.29, 1.82) is 0 Å². The van der Waals surface area contributed by atoms with Crippen molar-refractivity contribution in [2.75, 3.05) is 5.73 Å². The lowest BCUT2D eigenvalue weighted by atomic mass is 10.3. The lowest BCUT2D eigenvalue weighted by Crippen LogP contribution is -1.96. The number of hydrogen-bond donors (Lipinski definition) is 1. The van der Waals surface area contributed by atoms with Gasteiger partial charge in [-0.3, -0.25) is 4.98 Å². The summed E-state index contributed by atoms with van der Waals surface area (Å²) < 4.78 is 2.89. The molecular weight excluding hydrogens is 244 g/mol. The zero-order chi connectivity index (χ0) is 9.97. The molecule has 0 unspecified atom stereocenters. The molecule has 0 aliphatic carbocycles. The number of nitrogen functional groups attached to an aromatic ring is 1. The third kappa shape index (κ3) is 2.11. The van der Waals surface area contributed by atoms with Gasteiger partial charge >= 0.3 is 0 Å². The highest BCUT2D eigenvalue weighted by Gasteiger charge is 1.97. The van der Waals surface area contributed by atoms with Crippen LogP contribution >= 0.6 is 15.9 Å². The topological polar surface area (TPSA) is 56.7 Å². The first-order valence-electron chi connectivity index (χ1n) is 4.11. The molecule has 0 aliphatic rings. The molecule has 0 fully saturated rings. The van der Waals surface area contributed by atoms with Gasteiger partial charge in [-0.25, -0.2) is 4.98 Å². The largest absolute Gasteiger partial charge is 0.382 e. The van der Waals surface area contributed by atoms with E-state index in [2.05, 4.69) is 25.9 Å². The van der Waals surface area contributed by atoms with E-state index in [1.54, 1.807) is 18.7 Å². The molecule has 0 saturated carbocycles. The molecule has 2 aromatic heterocycles. The number of anilines is 1. The molecule has 0 saturated heterocycles. The van der Waals surface area contributed by atoms with Crippen LogP contribution in [0.4, 0.5) is 5.82 Å². The van der Waals surface area contributed by atoms with Crippen molar-refractivity contribution >= 4 is 21.7 Å². The van der Waals surface area contributed by atoms with Gasteiger partial charge in [-0.15, -0.1) is 0 Å². The predicted molar refractivity (Wildman–Crippen MR) is 57.7 cm³/mol. The van der Waals surface area contributed by atoms with Gasteiger partial charge in [-0.05, 0) is 27.6 Å². The normalized spacial score (nSPS) is 10.4. The molecule has 0 radical (unpaired) electrons. The molecule has 0 aliphatic heterocycles.